The van der Waals surface area contributed by atoms with Gasteiger partial charge in [-0.15, -0.1) is 0 Å². The van der Waals surface area contributed by atoms with Crippen LogP contribution in [0.2, 0.25) is 0 Å². The first-order valence-corrected chi connectivity index (χ1v) is 12.9. The molecule has 0 fully saturated rings. The molecular formula is C23H25N3O5S2. The molecule has 3 aromatic carbocycles. The third-order valence-corrected chi connectivity index (χ3v) is 8.24. The van der Waals surface area contributed by atoms with E-state index in [2.05, 4.69) is 10.0 Å². The molecule has 33 heavy (non-hydrogen) atoms. The van der Waals surface area contributed by atoms with Crippen molar-refractivity contribution in [1.29, 1.82) is 0 Å². The number of nitrogens with zero attached hydrogens (tertiary/aromatic N) is 1. The summed E-state index contributed by atoms with van der Waals surface area (Å²) in [6, 6.07) is 17.1. The van der Waals surface area contributed by atoms with Gasteiger partial charge in [0, 0.05) is 19.8 Å². The van der Waals surface area contributed by atoms with Crippen LogP contribution in [0.3, 0.4) is 0 Å². The molecule has 174 valence electrons. The number of aryl methyl sites for hydroxylation is 2. The highest BCUT2D eigenvalue weighted by Gasteiger charge is 2.21. The van der Waals surface area contributed by atoms with Crippen LogP contribution >= 0.6 is 0 Å². The minimum Gasteiger partial charge on any atom is -0.322 e. The summed E-state index contributed by atoms with van der Waals surface area (Å²) < 4.78 is 54.3. The number of nitrogens with one attached hydrogen (secondary N) is 2. The van der Waals surface area contributed by atoms with E-state index >= 15 is 0 Å². The number of anilines is 2. The summed E-state index contributed by atoms with van der Waals surface area (Å²) in [7, 11) is -4.79. The summed E-state index contributed by atoms with van der Waals surface area (Å²) in [6.07, 6.45) is 0. The summed E-state index contributed by atoms with van der Waals surface area (Å²) in [6.45, 7) is 3.49. The molecule has 0 aliphatic carbocycles. The smallest absolute Gasteiger partial charge is 0.262 e. The maximum absolute atomic E-state index is 13.0. The zero-order chi connectivity index (χ0) is 24.4. The van der Waals surface area contributed by atoms with Gasteiger partial charge >= 0.3 is 0 Å². The van der Waals surface area contributed by atoms with Crippen molar-refractivity contribution in [3.8, 4) is 0 Å². The van der Waals surface area contributed by atoms with Gasteiger partial charge in [-0.3, -0.25) is 9.52 Å². The fourth-order valence-electron chi connectivity index (χ4n) is 3.11. The molecule has 3 rings (SSSR count). The topological polar surface area (TPSA) is 113 Å². The summed E-state index contributed by atoms with van der Waals surface area (Å²) in [5, 5.41) is 2.64. The minimum absolute atomic E-state index is 0.0224. The molecule has 2 N–H and O–H groups in total. The average molecular weight is 488 g/mol. The van der Waals surface area contributed by atoms with Crippen LogP contribution in [0, 0.1) is 13.8 Å². The number of carbonyl (C=O) groups is 1. The normalized spacial score (nSPS) is 11.9. The SMILES string of the molecule is Cc1ccc(C)c(S(=O)(=O)Nc2ccccc2C(=O)Nc2cccc(S(=O)(=O)N(C)C)c2)c1. The minimum atomic E-state index is -3.95. The van der Waals surface area contributed by atoms with Gasteiger partial charge in [0.05, 0.1) is 21.0 Å². The van der Waals surface area contributed by atoms with Gasteiger partial charge in [0.25, 0.3) is 15.9 Å². The average Bonchev–Trinajstić information content (AvgIpc) is 2.75. The Balaban J connectivity index is 1.91. The molecule has 0 spiro atoms. The van der Waals surface area contributed by atoms with E-state index < -0.39 is 26.0 Å². The largest absolute Gasteiger partial charge is 0.322 e. The predicted molar refractivity (Wildman–Crippen MR) is 128 cm³/mol. The first kappa shape index (κ1) is 24.4. The fraction of sp³-hybridized carbons (Fsp3) is 0.174. The van der Waals surface area contributed by atoms with E-state index in [4.69, 9.17) is 0 Å². The van der Waals surface area contributed by atoms with Crippen LogP contribution in [-0.4, -0.2) is 41.1 Å². The number of benzene rings is 3. The van der Waals surface area contributed by atoms with Gasteiger partial charge in [-0.25, -0.2) is 21.1 Å². The molecule has 0 saturated carbocycles. The Bertz CT molecular complexity index is 1420. The van der Waals surface area contributed by atoms with Crippen molar-refractivity contribution >= 4 is 37.3 Å². The molecule has 0 atom stereocenters. The summed E-state index contributed by atoms with van der Waals surface area (Å²) >= 11 is 0. The van der Waals surface area contributed by atoms with Crippen molar-refractivity contribution in [2.24, 2.45) is 0 Å². The Morgan fingerprint density at radius 1 is 0.848 bits per heavy atom. The molecule has 0 radical (unpaired) electrons. The van der Waals surface area contributed by atoms with Crippen LogP contribution in [-0.2, 0) is 20.0 Å². The summed E-state index contributed by atoms with van der Waals surface area (Å²) in [5.41, 5.74) is 1.82. The van der Waals surface area contributed by atoms with Gasteiger partial charge in [-0.1, -0.05) is 30.3 Å². The Kier molecular flexibility index (Phi) is 6.92. The molecule has 3 aromatic rings. The lowest BCUT2D eigenvalue weighted by Gasteiger charge is -2.15. The van der Waals surface area contributed by atoms with Crippen LogP contribution in [0.1, 0.15) is 21.5 Å². The number of sulfonamides is 2. The standard InChI is InChI=1S/C23H25N3O5S2/c1-16-12-13-17(2)22(14-16)32(28,29)25-21-11-6-5-10-20(21)23(27)24-18-8-7-9-19(15-18)33(30,31)26(3)4/h5-15,25H,1-4H3,(H,24,27). The number of carbonyl (C=O) groups excluding carboxylic acids is 1. The Morgan fingerprint density at radius 2 is 1.55 bits per heavy atom. The molecule has 1 amide bonds. The lowest BCUT2D eigenvalue weighted by atomic mass is 10.1. The molecule has 0 saturated heterocycles. The molecule has 0 aromatic heterocycles. The van der Waals surface area contributed by atoms with Crippen molar-refractivity contribution in [2.45, 2.75) is 23.6 Å². The molecule has 10 heteroatoms. The number of amides is 1. The van der Waals surface area contributed by atoms with Gasteiger partial charge < -0.3 is 5.32 Å². The Labute approximate surface area is 194 Å². The van der Waals surface area contributed by atoms with Crippen LogP contribution in [0.15, 0.2) is 76.5 Å². The van der Waals surface area contributed by atoms with E-state index in [0.29, 0.717) is 5.56 Å². The highest BCUT2D eigenvalue weighted by Crippen LogP contribution is 2.25. The monoisotopic (exact) mass is 487 g/mol. The first-order valence-electron chi connectivity index (χ1n) is 9.95. The quantitative estimate of drug-likeness (QED) is 0.529. The molecule has 8 nitrogen and oxygen atoms in total. The number of rotatable bonds is 7. The zero-order valence-corrected chi connectivity index (χ0v) is 20.3. The summed E-state index contributed by atoms with van der Waals surface area (Å²) in [5.74, 6) is -0.589. The Hall–Kier alpha value is -3.21. The molecular weight excluding hydrogens is 462 g/mol. The number of hydrogen-bond acceptors (Lipinski definition) is 5. The van der Waals surface area contributed by atoms with Gasteiger partial charge in [0.2, 0.25) is 10.0 Å². The second-order valence-electron chi connectivity index (χ2n) is 7.69. The molecule has 0 bridgehead atoms. The lowest BCUT2D eigenvalue weighted by Crippen LogP contribution is -2.22. The predicted octanol–water partition coefficient (Wildman–Crippen LogP) is 3.61. The third kappa shape index (κ3) is 5.41. The van der Waals surface area contributed by atoms with Crippen LogP contribution in [0.4, 0.5) is 11.4 Å². The second-order valence-corrected chi connectivity index (χ2v) is 11.5. The van der Waals surface area contributed by atoms with E-state index in [9.17, 15) is 21.6 Å². The first-order chi connectivity index (χ1) is 15.4. The van der Waals surface area contributed by atoms with Crippen molar-refractivity contribution in [1.82, 2.24) is 4.31 Å². The van der Waals surface area contributed by atoms with E-state index in [1.807, 2.05) is 6.07 Å². The van der Waals surface area contributed by atoms with Crippen molar-refractivity contribution < 1.29 is 21.6 Å². The number of para-hydroxylation sites is 1. The van der Waals surface area contributed by atoms with E-state index in [1.165, 1.54) is 44.4 Å². The maximum atomic E-state index is 13.0. The highest BCUT2D eigenvalue weighted by atomic mass is 32.2. The zero-order valence-electron chi connectivity index (χ0n) is 18.7. The van der Waals surface area contributed by atoms with Gasteiger partial charge in [0.1, 0.15) is 0 Å². The fourth-order valence-corrected chi connectivity index (χ4v) is 5.47. The van der Waals surface area contributed by atoms with E-state index in [1.54, 1.807) is 44.2 Å². The number of hydrogen-bond donors (Lipinski definition) is 2. The van der Waals surface area contributed by atoms with E-state index in [-0.39, 0.29) is 26.7 Å². The van der Waals surface area contributed by atoms with Gasteiger partial charge in [-0.2, -0.15) is 0 Å². The van der Waals surface area contributed by atoms with Crippen molar-refractivity contribution in [2.75, 3.05) is 24.1 Å². The molecule has 0 aliphatic heterocycles. The van der Waals surface area contributed by atoms with Crippen molar-refractivity contribution in [3.63, 3.8) is 0 Å². The van der Waals surface area contributed by atoms with Crippen molar-refractivity contribution in [3.05, 3.63) is 83.4 Å². The van der Waals surface area contributed by atoms with E-state index in [0.717, 1.165) is 9.87 Å². The maximum Gasteiger partial charge on any atom is 0.262 e. The summed E-state index contributed by atoms with van der Waals surface area (Å²) in [4.78, 5) is 13.1. The Morgan fingerprint density at radius 3 is 2.24 bits per heavy atom. The van der Waals surface area contributed by atoms with Gasteiger partial charge in [-0.05, 0) is 61.4 Å². The molecule has 0 unspecified atom stereocenters. The molecule has 0 aliphatic rings. The molecule has 0 heterocycles. The van der Waals surface area contributed by atoms with Gasteiger partial charge in [0.15, 0.2) is 0 Å². The highest BCUT2D eigenvalue weighted by molar-refractivity contribution is 7.92. The lowest BCUT2D eigenvalue weighted by molar-refractivity contribution is 0.102. The van der Waals surface area contributed by atoms with Crippen LogP contribution in [0.25, 0.3) is 0 Å². The van der Waals surface area contributed by atoms with Crippen LogP contribution < -0.4 is 10.0 Å². The van der Waals surface area contributed by atoms with Crippen LogP contribution in [0.5, 0.6) is 0 Å². The third-order valence-electron chi connectivity index (χ3n) is 4.92. The second kappa shape index (κ2) is 9.34.